The fourth-order valence-electron chi connectivity index (χ4n) is 2.75. The molecule has 3 aromatic rings. The minimum Gasteiger partial charge on any atom is -0.477 e. The van der Waals surface area contributed by atoms with Crippen molar-refractivity contribution in [3.05, 3.63) is 51.6 Å². The minimum atomic E-state index is -0.950. The Morgan fingerprint density at radius 3 is 2.81 bits per heavy atom. The van der Waals surface area contributed by atoms with Crippen LogP contribution in [0.2, 0.25) is 0 Å². The van der Waals surface area contributed by atoms with E-state index in [1.54, 1.807) is 24.9 Å². The van der Waals surface area contributed by atoms with E-state index >= 15 is 0 Å². The predicted molar refractivity (Wildman–Crippen MR) is 105 cm³/mol. The van der Waals surface area contributed by atoms with Gasteiger partial charge in [-0.2, -0.15) is 0 Å². The smallest absolute Gasteiger partial charge is 0.347 e. The van der Waals surface area contributed by atoms with Crippen LogP contribution in [0.3, 0.4) is 0 Å². The van der Waals surface area contributed by atoms with E-state index in [2.05, 4.69) is 9.97 Å². The van der Waals surface area contributed by atoms with Crippen LogP contribution in [0.4, 0.5) is 0 Å². The number of thiazole rings is 1. The predicted octanol–water partition coefficient (Wildman–Crippen LogP) is 4.63. The van der Waals surface area contributed by atoms with Crippen molar-refractivity contribution < 1.29 is 14.7 Å². The number of aromatic carboxylic acids is 1. The summed E-state index contributed by atoms with van der Waals surface area (Å²) in [5.41, 5.74) is 2.06. The van der Waals surface area contributed by atoms with Gasteiger partial charge in [-0.3, -0.25) is 9.78 Å². The zero-order valence-corrected chi connectivity index (χ0v) is 16.1. The number of nitrogens with zero attached hydrogens (tertiary/aromatic N) is 2. The number of pyridine rings is 1. The molecule has 0 aliphatic carbocycles. The molecule has 0 radical (unpaired) electrons. The third kappa shape index (κ3) is 3.94. The van der Waals surface area contributed by atoms with Gasteiger partial charge in [0.25, 0.3) is 0 Å². The maximum Gasteiger partial charge on any atom is 0.347 e. The number of hydrogen-bond acceptors (Lipinski definition) is 6. The van der Waals surface area contributed by atoms with E-state index in [9.17, 15) is 9.59 Å². The summed E-state index contributed by atoms with van der Waals surface area (Å²) in [6.45, 7) is 1.69. The van der Waals surface area contributed by atoms with Crippen LogP contribution >= 0.6 is 23.1 Å². The second-order valence-electron chi connectivity index (χ2n) is 5.86. The van der Waals surface area contributed by atoms with Gasteiger partial charge in [-0.25, -0.2) is 9.78 Å². The number of carboxylic acid groups (broad SMARTS) is 1. The van der Waals surface area contributed by atoms with E-state index < -0.39 is 5.97 Å². The normalized spacial score (nSPS) is 11.0. The first-order valence-electron chi connectivity index (χ1n) is 8.15. The van der Waals surface area contributed by atoms with Gasteiger partial charge in [0.1, 0.15) is 4.88 Å². The lowest BCUT2D eigenvalue weighted by atomic mass is 10.1. The van der Waals surface area contributed by atoms with Crippen molar-refractivity contribution >= 4 is 45.8 Å². The molecule has 2 heterocycles. The van der Waals surface area contributed by atoms with Crippen LogP contribution in [-0.2, 0) is 6.42 Å². The minimum absolute atomic E-state index is 0.0423. The van der Waals surface area contributed by atoms with E-state index in [1.807, 2.05) is 30.5 Å². The summed E-state index contributed by atoms with van der Waals surface area (Å²) in [6, 6.07) is 7.84. The Balaban J connectivity index is 1.66. The van der Waals surface area contributed by atoms with E-state index in [0.717, 1.165) is 20.8 Å². The van der Waals surface area contributed by atoms with Crippen molar-refractivity contribution in [1.82, 2.24) is 9.97 Å². The van der Waals surface area contributed by atoms with Gasteiger partial charge in [-0.1, -0.05) is 12.1 Å². The van der Waals surface area contributed by atoms with Crippen molar-refractivity contribution in [3.8, 4) is 0 Å². The Morgan fingerprint density at radius 1 is 1.31 bits per heavy atom. The summed E-state index contributed by atoms with van der Waals surface area (Å²) in [6.07, 6.45) is 5.26. The highest BCUT2D eigenvalue weighted by Gasteiger charge is 2.14. The van der Waals surface area contributed by atoms with Crippen molar-refractivity contribution in [2.24, 2.45) is 0 Å². The number of fused-ring (bicyclic) bond motifs is 1. The third-order valence-corrected chi connectivity index (χ3v) is 6.02. The number of para-hydroxylation sites is 1. The monoisotopic (exact) mass is 386 g/mol. The lowest BCUT2D eigenvalue weighted by molar-refractivity contribution is 0.0701. The first-order valence-corrected chi connectivity index (χ1v) is 10.2. The molecule has 0 amide bonds. The average Bonchev–Trinajstić information content (AvgIpc) is 3.01. The van der Waals surface area contributed by atoms with Crippen LogP contribution in [0.1, 0.15) is 43.6 Å². The SMILES string of the molecule is CSc1cccc2cc(C(=O)CCCc3nc(C)c(C(=O)O)s3)cnc12. The van der Waals surface area contributed by atoms with Gasteiger partial charge in [0, 0.05) is 28.5 Å². The summed E-state index contributed by atoms with van der Waals surface area (Å²) in [7, 11) is 0. The van der Waals surface area contributed by atoms with Crippen LogP contribution in [0.15, 0.2) is 35.4 Å². The fourth-order valence-corrected chi connectivity index (χ4v) is 4.28. The van der Waals surface area contributed by atoms with Crippen LogP contribution < -0.4 is 0 Å². The molecular weight excluding hydrogens is 368 g/mol. The van der Waals surface area contributed by atoms with E-state index in [0.29, 0.717) is 30.5 Å². The van der Waals surface area contributed by atoms with Crippen molar-refractivity contribution in [2.45, 2.75) is 31.1 Å². The molecule has 134 valence electrons. The van der Waals surface area contributed by atoms with E-state index in [1.165, 1.54) is 11.3 Å². The molecule has 0 aliphatic rings. The number of carbonyl (C=O) groups is 2. The molecule has 5 nitrogen and oxygen atoms in total. The topological polar surface area (TPSA) is 80.2 Å². The lowest BCUT2D eigenvalue weighted by Crippen LogP contribution is -2.01. The van der Waals surface area contributed by atoms with Crippen molar-refractivity contribution in [3.63, 3.8) is 0 Å². The Kier molecular flexibility index (Phi) is 5.68. The van der Waals surface area contributed by atoms with Gasteiger partial charge >= 0.3 is 5.97 Å². The second-order valence-corrected chi connectivity index (χ2v) is 7.79. The lowest BCUT2D eigenvalue weighted by Gasteiger charge is -2.05. The summed E-state index contributed by atoms with van der Waals surface area (Å²) in [5, 5.41) is 10.8. The zero-order chi connectivity index (χ0) is 18.7. The van der Waals surface area contributed by atoms with E-state index in [-0.39, 0.29) is 10.7 Å². The Labute approximate surface area is 159 Å². The zero-order valence-electron chi connectivity index (χ0n) is 14.5. The molecule has 0 bridgehead atoms. The second kappa shape index (κ2) is 7.97. The average molecular weight is 386 g/mol. The fraction of sp³-hybridized carbons (Fsp3) is 0.263. The Hall–Kier alpha value is -2.25. The molecule has 0 saturated heterocycles. The maximum absolute atomic E-state index is 12.5. The van der Waals surface area contributed by atoms with Crippen LogP contribution in [0, 0.1) is 6.92 Å². The molecular formula is C19H18N2O3S2. The molecule has 0 aliphatic heterocycles. The highest BCUT2D eigenvalue weighted by molar-refractivity contribution is 7.98. The summed E-state index contributed by atoms with van der Waals surface area (Å²) < 4.78 is 0. The van der Waals surface area contributed by atoms with Crippen molar-refractivity contribution in [2.75, 3.05) is 6.26 Å². The summed E-state index contributed by atoms with van der Waals surface area (Å²) in [4.78, 5) is 33.6. The Morgan fingerprint density at radius 2 is 2.12 bits per heavy atom. The largest absolute Gasteiger partial charge is 0.477 e. The van der Waals surface area contributed by atoms with Crippen LogP contribution in [0.5, 0.6) is 0 Å². The molecule has 0 fully saturated rings. The number of carbonyl (C=O) groups excluding carboxylic acids is 1. The highest BCUT2D eigenvalue weighted by Crippen LogP contribution is 2.25. The number of carboxylic acids is 1. The molecule has 0 unspecified atom stereocenters. The number of ketones is 1. The quantitative estimate of drug-likeness (QED) is 0.471. The van der Waals surface area contributed by atoms with Crippen LogP contribution in [-0.4, -0.2) is 33.1 Å². The number of thioether (sulfide) groups is 1. The molecule has 0 spiro atoms. The van der Waals surface area contributed by atoms with Crippen LogP contribution in [0.25, 0.3) is 10.9 Å². The number of rotatable bonds is 7. The van der Waals surface area contributed by atoms with Gasteiger partial charge in [0.05, 0.1) is 16.2 Å². The number of hydrogen-bond donors (Lipinski definition) is 1. The standard InChI is InChI=1S/C19H18N2O3S2/c1-11-18(19(23)24)26-16(21-11)8-4-6-14(22)13-9-12-5-3-7-15(25-2)17(12)20-10-13/h3,5,7,9-10H,4,6,8H2,1-2H3,(H,23,24). The molecule has 2 aromatic heterocycles. The van der Waals surface area contributed by atoms with Gasteiger partial charge in [-0.05, 0) is 38.2 Å². The number of aryl methyl sites for hydroxylation is 2. The summed E-state index contributed by atoms with van der Waals surface area (Å²) >= 11 is 2.82. The first kappa shape index (κ1) is 18.5. The number of benzene rings is 1. The first-order chi connectivity index (χ1) is 12.5. The molecule has 1 N–H and O–H groups in total. The molecule has 7 heteroatoms. The third-order valence-electron chi connectivity index (χ3n) is 4.05. The number of Topliss-reactive ketones (excluding diaryl/α,β-unsaturated/α-hetero) is 1. The Bertz CT molecular complexity index is 982. The van der Waals surface area contributed by atoms with Gasteiger partial charge in [0.15, 0.2) is 5.78 Å². The number of aromatic nitrogens is 2. The van der Waals surface area contributed by atoms with Gasteiger partial charge in [-0.15, -0.1) is 23.1 Å². The van der Waals surface area contributed by atoms with Crippen molar-refractivity contribution in [1.29, 1.82) is 0 Å². The molecule has 3 rings (SSSR count). The van der Waals surface area contributed by atoms with E-state index in [4.69, 9.17) is 5.11 Å². The van der Waals surface area contributed by atoms with Gasteiger partial charge < -0.3 is 5.11 Å². The molecule has 0 saturated carbocycles. The maximum atomic E-state index is 12.5. The molecule has 0 atom stereocenters. The van der Waals surface area contributed by atoms with Gasteiger partial charge in [0.2, 0.25) is 0 Å². The molecule has 26 heavy (non-hydrogen) atoms. The molecule has 1 aromatic carbocycles. The summed E-state index contributed by atoms with van der Waals surface area (Å²) in [5.74, 6) is -0.908. The highest BCUT2D eigenvalue weighted by atomic mass is 32.2.